The maximum Gasteiger partial charge on any atom is 0.191 e. The van der Waals surface area contributed by atoms with Crippen LogP contribution < -0.4 is 10.6 Å². The van der Waals surface area contributed by atoms with E-state index in [0.717, 1.165) is 31.0 Å². The van der Waals surface area contributed by atoms with E-state index < -0.39 is 6.10 Å². The molecule has 2 aromatic rings. The number of likely N-dealkylation sites (tertiary alicyclic amines) is 1. The highest BCUT2D eigenvalue weighted by Crippen LogP contribution is 2.25. The van der Waals surface area contributed by atoms with Crippen LogP contribution in [0.1, 0.15) is 55.2 Å². The lowest BCUT2D eigenvalue weighted by molar-refractivity contribution is 0.150. The predicted octanol–water partition coefficient (Wildman–Crippen LogP) is 4.02. The van der Waals surface area contributed by atoms with Gasteiger partial charge >= 0.3 is 0 Å². The van der Waals surface area contributed by atoms with E-state index >= 15 is 0 Å². The van der Waals surface area contributed by atoms with Crippen LogP contribution in [-0.4, -0.2) is 48.7 Å². The molecule has 0 amide bonds. The van der Waals surface area contributed by atoms with Gasteiger partial charge in [-0.05, 0) is 57.5 Å². The Morgan fingerprint density at radius 3 is 2.50 bits per heavy atom. The first-order valence-electron chi connectivity index (χ1n) is 10.7. The third-order valence-electron chi connectivity index (χ3n) is 5.39. The van der Waals surface area contributed by atoms with Gasteiger partial charge in [-0.2, -0.15) is 0 Å². The molecule has 2 heterocycles. The Labute approximate surface area is 197 Å². The van der Waals surface area contributed by atoms with Gasteiger partial charge in [0.05, 0.1) is 25.0 Å². The zero-order valence-electron chi connectivity index (χ0n) is 18.0. The Bertz CT molecular complexity index is 743. The quantitative estimate of drug-likeness (QED) is 0.275. The smallest absolute Gasteiger partial charge is 0.191 e. The van der Waals surface area contributed by atoms with Crippen molar-refractivity contribution in [2.75, 3.05) is 32.7 Å². The summed E-state index contributed by atoms with van der Waals surface area (Å²) in [6, 6.07) is 12.1. The van der Waals surface area contributed by atoms with Gasteiger partial charge in [-0.15, -0.1) is 24.0 Å². The lowest BCUT2D eigenvalue weighted by atomic mass is 10.1. The Balaban J connectivity index is 0.00000320. The second-order valence-electron chi connectivity index (χ2n) is 7.65. The average molecular weight is 526 g/mol. The van der Waals surface area contributed by atoms with Gasteiger partial charge in [0.1, 0.15) is 5.76 Å². The number of aryl methyl sites for hydroxylation is 1. The molecule has 1 aliphatic rings. The molecule has 2 unspecified atom stereocenters. The van der Waals surface area contributed by atoms with Crippen LogP contribution in [0.25, 0.3) is 0 Å². The molecule has 3 rings (SSSR count). The van der Waals surface area contributed by atoms with Crippen LogP contribution in [0.4, 0.5) is 0 Å². The van der Waals surface area contributed by atoms with Gasteiger partial charge in [-0.1, -0.05) is 36.2 Å². The molecule has 3 N–H and O–H groups in total. The summed E-state index contributed by atoms with van der Waals surface area (Å²) in [6.07, 6.45) is 4.90. The topological polar surface area (TPSA) is 73.0 Å². The highest BCUT2D eigenvalue weighted by atomic mass is 127. The number of hydrogen-bond donors (Lipinski definition) is 3. The number of guanidine groups is 1. The molecule has 166 valence electrons. The average Bonchev–Trinajstić information content (AvgIpc) is 3.27. The highest BCUT2D eigenvalue weighted by molar-refractivity contribution is 14.0. The van der Waals surface area contributed by atoms with E-state index in [1.165, 1.54) is 24.8 Å². The van der Waals surface area contributed by atoms with Crippen molar-refractivity contribution in [2.45, 2.75) is 45.3 Å². The second kappa shape index (κ2) is 13.0. The summed E-state index contributed by atoms with van der Waals surface area (Å²) in [5, 5.41) is 17.0. The van der Waals surface area contributed by atoms with Crippen molar-refractivity contribution >= 4 is 29.9 Å². The molecule has 0 aliphatic carbocycles. The van der Waals surface area contributed by atoms with Crippen LogP contribution in [0.15, 0.2) is 52.1 Å². The molecule has 1 saturated heterocycles. The molecule has 0 spiro atoms. The first-order valence-corrected chi connectivity index (χ1v) is 10.7. The van der Waals surface area contributed by atoms with Crippen molar-refractivity contribution in [1.82, 2.24) is 15.5 Å². The van der Waals surface area contributed by atoms with Gasteiger partial charge in [0.25, 0.3) is 0 Å². The minimum atomic E-state index is -0.581. The number of aliphatic hydroxyl groups is 1. The number of nitrogens with zero attached hydrogens (tertiary/aromatic N) is 2. The monoisotopic (exact) mass is 526 g/mol. The van der Waals surface area contributed by atoms with E-state index in [4.69, 9.17) is 9.41 Å². The van der Waals surface area contributed by atoms with Gasteiger partial charge in [0.15, 0.2) is 5.96 Å². The summed E-state index contributed by atoms with van der Waals surface area (Å²) >= 11 is 0. The Kier molecular flexibility index (Phi) is 10.7. The maximum atomic E-state index is 10.5. The number of benzene rings is 1. The largest absolute Gasteiger partial charge is 0.468 e. The summed E-state index contributed by atoms with van der Waals surface area (Å²) in [7, 11) is 0. The summed E-state index contributed by atoms with van der Waals surface area (Å²) in [6.45, 7) is 8.04. The number of halogens is 1. The molecule has 7 heteroatoms. The SMILES string of the molecule is CCNC(=NCC(c1ccco1)N1CCCCC1)NCC(O)c1ccc(C)cc1.I. The van der Waals surface area contributed by atoms with Crippen LogP contribution in [0.5, 0.6) is 0 Å². The highest BCUT2D eigenvalue weighted by Gasteiger charge is 2.24. The van der Waals surface area contributed by atoms with Crippen LogP contribution in [-0.2, 0) is 0 Å². The number of rotatable bonds is 8. The minimum Gasteiger partial charge on any atom is -0.468 e. The summed E-state index contributed by atoms with van der Waals surface area (Å²) in [5.74, 6) is 1.68. The summed E-state index contributed by atoms with van der Waals surface area (Å²) in [4.78, 5) is 7.28. The van der Waals surface area contributed by atoms with Crippen molar-refractivity contribution in [2.24, 2.45) is 4.99 Å². The van der Waals surface area contributed by atoms with Crippen LogP contribution in [0, 0.1) is 6.92 Å². The molecule has 0 bridgehead atoms. The van der Waals surface area contributed by atoms with Gasteiger partial charge in [0, 0.05) is 13.1 Å². The molecule has 1 aromatic heterocycles. The lowest BCUT2D eigenvalue weighted by Crippen LogP contribution is -2.41. The van der Waals surface area contributed by atoms with Crippen molar-refractivity contribution in [3.63, 3.8) is 0 Å². The maximum absolute atomic E-state index is 10.5. The molecular weight excluding hydrogens is 491 g/mol. The molecule has 1 aliphatic heterocycles. The van der Waals surface area contributed by atoms with Crippen molar-refractivity contribution in [1.29, 1.82) is 0 Å². The van der Waals surface area contributed by atoms with Crippen molar-refractivity contribution < 1.29 is 9.52 Å². The van der Waals surface area contributed by atoms with Crippen LogP contribution >= 0.6 is 24.0 Å². The Morgan fingerprint density at radius 1 is 1.13 bits per heavy atom. The third kappa shape index (κ3) is 7.28. The van der Waals surface area contributed by atoms with Gasteiger partial charge in [-0.3, -0.25) is 9.89 Å². The van der Waals surface area contributed by atoms with E-state index in [2.05, 4.69) is 15.5 Å². The van der Waals surface area contributed by atoms with Crippen LogP contribution in [0.2, 0.25) is 0 Å². The fraction of sp³-hybridized carbons (Fsp3) is 0.522. The van der Waals surface area contributed by atoms with E-state index in [0.29, 0.717) is 19.0 Å². The Hall–Kier alpha value is -1.58. The minimum absolute atomic E-state index is 0. The van der Waals surface area contributed by atoms with Crippen LogP contribution in [0.3, 0.4) is 0 Å². The third-order valence-corrected chi connectivity index (χ3v) is 5.39. The lowest BCUT2D eigenvalue weighted by Gasteiger charge is -2.32. The standard InChI is InChI=1S/C23H34N4O2.HI/c1-3-24-23(26-17-21(28)19-11-9-18(2)10-12-19)25-16-20(22-8-7-15-29-22)27-13-5-4-6-14-27;/h7-12,15,20-21,28H,3-6,13-14,16-17H2,1-2H3,(H2,24,25,26);1H. The van der Waals surface area contributed by atoms with Crippen molar-refractivity contribution in [3.8, 4) is 0 Å². The number of aliphatic imine (C=N–C) groups is 1. The summed E-state index contributed by atoms with van der Waals surface area (Å²) < 4.78 is 5.72. The van der Waals surface area contributed by atoms with Crippen molar-refractivity contribution in [3.05, 3.63) is 59.5 Å². The molecule has 0 saturated carbocycles. The van der Waals surface area contributed by atoms with Gasteiger partial charge < -0.3 is 20.2 Å². The number of furan rings is 1. The first kappa shape index (κ1) is 24.7. The second-order valence-corrected chi connectivity index (χ2v) is 7.65. The molecular formula is C23H35IN4O2. The van der Waals surface area contributed by atoms with E-state index in [9.17, 15) is 5.11 Å². The number of nitrogens with one attached hydrogen (secondary N) is 2. The van der Waals surface area contributed by atoms with Gasteiger partial charge in [-0.25, -0.2) is 0 Å². The van der Waals surface area contributed by atoms with Gasteiger partial charge in [0.2, 0.25) is 0 Å². The number of hydrogen-bond acceptors (Lipinski definition) is 4. The fourth-order valence-corrected chi connectivity index (χ4v) is 3.72. The number of aliphatic hydroxyl groups excluding tert-OH is 1. The van der Waals surface area contributed by atoms with E-state index in [1.54, 1.807) is 6.26 Å². The normalized spacial score (nSPS) is 17.1. The zero-order valence-corrected chi connectivity index (χ0v) is 20.3. The zero-order chi connectivity index (χ0) is 20.5. The fourth-order valence-electron chi connectivity index (χ4n) is 3.72. The van der Waals surface area contributed by atoms with E-state index in [-0.39, 0.29) is 30.0 Å². The predicted molar refractivity (Wildman–Crippen MR) is 132 cm³/mol. The molecule has 2 atom stereocenters. The molecule has 30 heavy (non-hydrogen) atoms. The molecule has 0 radical (unpaired) electrons. The molecule has 1 fully saturated rings. The molecule has 6 nitrogen and oxygen atoms in total. The number of piperidine rings is 1. The first-order chi connectivity index (χ1) is 14.2. The van der Waals surface area contributed by atoms with E-state index in [1.807, 2.05) is 50.2 Å². The Morgan fingerprint density at radius 2 is 1.87 bits per heavy atom. The summed E-state index contributed by atoms with van der Waals surface area (Å²) in [5.41, 5.74) is 2.09. The molecule has 1 aromatic carbocycles.